The number of nitrogens with zero attached hydrogens (tertiary/aromatic N) is 2. The van der Waals surface area contributed by atoms with Crippen LogP contribution < -0.4 is 9.80 Å². The highest BCUT2D eigenvalue weighted by molar-refractivity contribution is 7.25. The van der Waals surface area contributed by atoms with Gasteiger partial charge < -0.3 is 9.80 Å². The molecule has 0 fully saturated rings. The first-order chi connectivity index (χ1) is 38.4. The first kappa shape index (κ1) is 45.8. The minimum Gasteiger partial charge on any atom is -0.310 e. The monoisotopic (exact) mass is 1010 g/mol. The summed E-state index contributed by atoms with van der Waals surface area (Å²) in [5.74, 6) is 0. The smallest absolute Gasteiger partial charge is 0.0465 e. The van der Waals surface area contributed by atoms with Crippen LogP contribution in [0.15, 0.2) is 279 Å². The second-order valence-electron chi connectivity index (χ2n) is 21.3. The Morgan fingerprint density at radius 2 is 0.577 bits per heavy atom. The third-order valence-electron chi connectivity index (χ3n) is 16.4. The summed E-state index contributed by atoms with van der Waals surface area (Å²) in [4.78, 5) is 4.79. The van der Waals surface area contributed by atoms with Gasteiger partial charge in [0.1, 0.15) is 0 Å². The molecule has 14 aromatic rings. The summed E-state index contributed by atoms with van der Waals surface area (Å²) in [6.07, 6.45) is 0. The topological polar surface area (TPSA) is 6.48 Å². The van der Waals surface area contributed by atoms with Gasteiger partial charge >= 0.3 is 0 Å². The molecule has 13 aromatic carbocycles. The molecule has 0 bridgehead atoms. The number of hydrogen-bond acceptors (Lipinski definition) is 3. The van der Waals surface area contributed by atoms with Crippen LogP contribution in [0.25, 0.3) is 97.0 Å². The lowest BCUT2D eigenvalue weighted by Gasteiger charge is -2.29. The summed E-state index contributed by atoms with van der Waals surface area (Å²) in [6.45, 7) is 4.77. The van der Waals surface area contributed by atoms with Crippen molar-refractivity contribution in [3.05, 3.63) is 290 Å². The van der Waals surface area contributed by atoms with Crippen molar-refractivity contribution in [2.75, 3.05) is 9.80 Å². The minimum atomic E-state index is -0.268. The molecule has 0 spiro atoms. The van der Waals surface area contributed by atoms with Crippen LogP contribution in [-0.2, 0) is 5.41 Å². The van der Waals surface area contributed by atoms with Gasteiger partial charge in [0.25, 0.3) is 0 Å². The SMILES string of the molecule is CC1(C)c2cc(N(c3ccccc3)c3ccccc3)ccc2-c2ccc(N(c3ccc(-c4ccc(-c5ccc6sc7ccccc7c6c5)cc4)cc3)c3ccc(-c4ccc5c6ccccc6c6ccccc6c5c4)cc3)cc21. The van der Waals surface area contributed by atoms with E-state index in [2.05, 4.69) is 303 Å². The average molecular weight is 1010 g/mol. The van der Waals surface area contributed by atoms with Crippen LogP contribution in [0.2, 0.25) is 0 Å². The molecule has 0 amide bonds. The summed E-state index contributed by atoms with van der Waals surface area (Å²) in [5.41, 5.74) is 18.9. The summed E-state index contributed by atoms with van der Waals surface area (Å²) in [7, 11) is 0. The van der Waals surface area contributed by atoms with Crippen molar-refractivity contribution in [1.29, 1.82) is 0 Å². The van der Waals surface area contributed by atoms with Crippen molar-refractivity contribution in [2.45, 2.75) is 19.3 Å². The largest absolute Gasteiger partial charge is 0.310 e. The number of hydrogen-bond donors (Lipinski definition) is 0. The highest BCUT2D eigenvalue weighted by Crippen LogP contribution is 2.53. The van der Waals surface area contributed by atoms with Crippen molar-refractivity contribution in [2.24, 2.45) is 0 Å². The normalized spacial score (nSPS) is 12.6. The standard InChI is InChI=1S/C75H52N2S/c1-75(2)71-47-59(76(55-15-5-3-6-16-55)56-17-7-4-8-18-56)39-42-66(71)67-43-40-60(48-72(67)75)77(58-37-31-52(32-38-58)53-33-41-65-63-21-10-9-19-61(63)62-20-11-12-22-64(62)69(65)45-53)57-35-29-50(30-36-57)49-25-27-51(28-26-49)54-34-44-74-70(46-54)68-23-13-14-24-73(68)78-74/h3-48H,1-2H3. The predicted molar refractivity (Wildman–Crippen MR) is 335 cm³/mol. The summed E-state index contributed by atoms with van der Waals surface area (Å²) < 4.78 is 2.66. The van der Waals surface area contributed by atoms with Gasteiger partial charge in [-0.1, -0.05) is 196 Å². The fourth-order valence-electron chi connectivity index (χ4n) is 12.5. The number of thiophene rings is 1. The second-order valence-corrected chi connectivity index (χ2v) is 22.3. The Bertz CT molecular complexity index is 4540. The lowest BCUT2D eigenvalue weighted by Crippen LogP contribution is -2.17. The van der Waals surface area contributed by atoms with E-state index in [1.54, 1.807) is 0 Å². The zero-order valence-electron chi connectivity index (χ0n) is 43.4. The third kappa shape index (κ3) is 7.61. The van der Waals surface area contributed by atoms with E-state index in [1.165, 1.54) is 108 Å². The molecule has 2 nitrogen and oxygen atoms in total. The summed E-state index contributed by atoms with van der Waals surface area (Å²) >= 11 is 1.86. The molecular formula is C75H52N2S. The highest BCUT2D eigenvalue weighted by Gasteiger charge is 2.37. The molecule has 0 N–H and O–H groups in total. The molecular weight excluding hydrogens is 961 g/mol. The highest BCUT2D eigenvalue weighted by atomic mass is 32.1. The molecule has 1 aliphatic carbocycles. The molecule has 0 unspecified atom stereocenters. The molecule has 0 atom stereocenters. The van der Waals surface area contributed by atoms with Gasteiger partial charge in [0, 0.05) is 59.7 Å². The lowest BCUT2D eigenvalue weighted by atomic mass is 9.82. The van der Waals surface area contributed by atoms with Crippen LogP contribution in [0.1, 0.15) is 25.0 Å². The first-order valence-electron chi connectivity index (χ1n) is 27.0. The maximum Gasteiger partial charge on any atom is 0.0465 e. The van der Waals surface area contributed by atoms with Gasteiger partial charge in [-0.15, -0.1) is 11.3 Å². The quantitative estimate of drug-likeness (QED) is 0.133. The molecule has 0 saturated carbocycles. The number of anilines is 6. The molecule has 15 rings (SSSR count). The number of para-hydroxylation sites is 2. The van der Waals surface area contributed by atoms with Gasteiger partial charge in [-0.2, -0.15) is 0 Å². The molecule has 0 saturated heterocycles. The van der Waals surface area contributed by atoms with Gasteiger partial charge in [0.2, 0.25) is 0 Å². The average Bonchev–Trinajstić information content (AvgIpc) is 4.19. The first-order valence-corrected chi connectivity index (χ1v) is 27.8. The van der Waals surface area contributed by atoms with Gasteiger partial charge in [-0.05, 0) is 185 Å². The Balaban J connectivity index is 0.801. The molecule has 78 heavy (non-hydrogen) atoms. The van der Waals surface area contributed by atoms with Crippen LogP contribution in [-0.4, -0.2) is 0 Å². The van der Waals surface area contributed by atoms with Gasteiger partial charge in [0.05, 0.1) is 0 Å². The zero-order chi connectivity index (χ0) is 51.9. The Kier molecular flexibility index (Phi) is 10.8. The predicted octanol–water partition coefficient (Wildman–Crippen LogP) is 21.8. The van der Waals surface area contributed by atoms with Gasteiger partial charge in [-0.3, -0.25) is 0 Å². The molecule has 368 valence electrons. The minimum absolute atomic E-state index is 0.268. The number of rotatable bonds is 9. The van der Waals surface area contributed by atoms with Crippen molar-refractivity contribution in [3.63, 3.8) is 0 Å². The maximum absolute atomic E-state index is 2.44. The molecule has 0 radical (unpaired) electrons. The van der Waals surface area contributed by atoms with E-state index in [-0.39, 0.29) is 5.41 Å². The zero-order valence-corrected chi connectivity index (χ0v) is 44.2. The molecule has 1 aliphatic rings. The summed E-state index contributed by atoms with van der Waals surface area (Å²) in [5, 5.41) is 10.4. The molecule has 0 aliphatic heterocycles. The van der Waals surface area contributed by atoms with E-state index in [0.29, 0.717) is 0 Å². The van der Waals surface area contributed by atoms with Crippen LogP contribution in [0.5, 0.6) is 0 Å². The number of benzene rings is 13. The van der Waals surface area contributed by atoms with Crippen LogP contribution >= 0.6 is 11.3 Å². The van der Waals surface area contributed by atoms with Crippen molar-refractivity contribution >= 4 is 98.0 Å². The van der Waals surface area contributed by atoms with E-state index >= 15 is 0 Å². The van der Waals surface area contributed by atoms with E-state index < -0.39 is 0 Å². The summed E-state index contributed by atoms with van der Waals surface area (Å²) in [6, 6.07) is 103. The van der Waals surface area contributed by atoms with E-state index in [9.17, 15) is 0 Å². The van der Waals surface area contributed by atoms with Gasteiger partial charge in [-0.25, -0.2) is 0 Å². The Labute approximate surface area is 459 Å². The van der Waals surface area contributed by atoms with Crippen LogP contribution in [0, 0.1) is 0 Å². The Hall–Kier alpha value is -9.54. The van der Waals surface area contributed by atoms with Crippen LogP contribution in [0.3, 0.4) is 0 Å². The third-order valence-corrected chi connectivity index (χ3v) is 17.6. The van der Waals surface area contributed by atoms with Crippen LogP contribution in [0.4, 0.5) is 34.1 Å². The second kappa shape index (κ2) is 18.3. The Morgan fingerprint density at radius 1 is 0.244 bits per heavy atom. The van der Waals surface area contributed by atoms with Crippen molar-refractivity contribution < 1.29 is 0 Å². The fraction of sp³-hybridized carbons (Fsp3) is 0.0400. The van der Waals surface area contributed by atoms with E-state index in [1.807, 2.05) is 11.3 Å². The lowest BCUT2D eigenvalue weighted by molar-refractivity contribution is 0.660. The maximum atomic E-state index is 2.44. The Morgan fingerprint density at radius 3 is 1.08 bits per heavy atom. The fourth-order valence-corrected chi connectivity index (χ4v) is 13.6. The van der Waals surface area contributed by atoms with E-state index in [4.69, 9.17) is 0 Å². The van der Waals surface area contributed by atoms with Crippen molar-refractivity contribution in [3.8, 4) is 44.5 Å². The van der Waals surface area contributed by atoms with Crippen molar-refractivity contribution in [1.82, 2.24) is 0 Å². The molecule has 3 heteroatoms. The van der Waals surface area contributed by atoms with E-state index in [0.717, 1.165) is 34.1 Å². The van der Waals surface area contributed by atoms with Gasteiger partial charge in [0.15, 0.2) is 0 Å². The number of fused-ring (bicyclic) bond motifs is 12. The molecule has 1 aromatic heterocycles. The molecule has 1 heterocycles.